The van der Waals surface area contributed by atoms with Crippen molar-refractivity contribution in [2.75, 3.05) is 6.54 Å². The zero-order valence-electron chi connectivity index (χ0n) is 12.5. The average molecular weight is 320 g/mol. The Bertz CT molecular complexity index is 654. The summed E-state index contributed by atoms with van der Waals surface area (Å²) >= 11 is 5.87. The van der Waals surface area contributed by atoms with Crippen molar-refractivity contribution in [2.24, 2.45) is 0 Å². The van der Waals surface area contributed by atoms with E-state index in [0.717, 1.165) is 30.8 Å². The molecule has 0 saturated carbocycles. The van der Waals surface area contributed by atoms with Crippen molar-refractivity contribution in [3.05, 3.63) is 46.6 Å². The van der Waals surface area contributed by atoms with E-state index >= 15 is 0 Å². The van der Waals surface area contributed by atoms with Gasteiger partial charge in [0.1, 0.15) is 0 Å². The monoisotopic (exact) mass is 319 g/mol. The van der Waals surface area contributed by atoms with Gasteiger partial charge in [0.2, 0.25) is 11.8 Å². The van der Waals surface area contributed by atoms with Crippen LogP contribution in [0, 0.1) is 0 Å². The number of likely N-dealkylation sites (tertiary alicyclic amines) is 1. The van der Waals surface area contributed by atoms with Gasteiger partial charge in [0.25, 0.3) is 0 Å². The summed E-state index contributed by atoms with van der Waals surface area (Å²) < 4.78 is 5.33. The smallest absolute Gasteiger partial charge is 0.227 e. The molecule has 2 heterocycles. The lowest BCUT2D eigenvalue weighted by molar-refractivity contribution is -0.129. The summed E-state index contributed by atoms with van der Waals surface area (Å²) in [7, 11) is 0. The number of rotatable bonds is 4. The summed E-state index contributed by atoms with van der Waals surface area (Å²) in [4.78, 5) is 17.9. The Morgan fingerprint density at radius 3 is 2.86 bits per heavy atom. The minimum absolute atomic E-state index is 0.0365. The van der Waals surface area contributed by atoms with Gasteiger partial charge in [-0.2, -0.15) is 4.98 Å². The Kier molecular flexibility index (Phi) is 4.43. The number of hydrogen-bond donors (Lipinski definition) is 0. The highest BCUT2D eigenvalue weighted by Gasteiger charge is 2.31. The third kappa shape index (κ3) is 3.30. The Morgan fingerprint density at radius 2 is 2.14 bits per heavy atom. The van der Waals surface area contributed by atoms with Crippen molar-refractivity contribution in [2.45, 2.75) is 38.6 Å². The topological polar surface area (TPSA) is 59.2 Å². The number of aromatic nitrogens is 2. The highest BCUT2D eigenvalue weighted by Crippen LogP contribution is 2.30. The maximum Gasteiger partial charge on any atom is 0.227 e. The second kappa shape index (κ2) is 6.48. The van der Waals surface area contributed by atoms with Gasteiger partial charge >= 0.3 is 0 Å². The molecule has 0 aliphatic carbocycles. The minimum atomic E-state index is -0.0365. The molecule has 6 heteroatoms. The van der Waals surface area contributed by atoms with Crippen molar-refractivity contribution in [1.82, 2.24) is 15.0 Å². The van der Waals surface area contributed by atoms with Crippen LogP contribution in [0.1, 0.15) is 43.1 Å². The summed E-state index contributed by atoms with van der Waals surface area (Å²) in [6.07, 6.45) is 3.38. The van der Waals surface area contributed by atoms with E-state index in [0.29, 0.717) is 18.1 Å². The predicted molar refractivity (Wildman–Crippen MR) is 82.5 cm³/mol. The number of benzene rings is 1. The highest BCUT2D eigenvalue weighted by atomic mass is 35.5. The third-order valence-corrected chi connectivity index (χ3v) is 4.23. The lowest BCUT2D eigenvalue weighted by atomic mass is 10.1. The van der Waals surface area contributed by atoms with Crippen LogP contribution in [0.5, 0.6) is 0 Å². The molecule has 1 amide bonds. The molecule has 1 atom stereocenters. The van der Waals surface area contributed by atoms with Crippen LogP contribution in [0.3, 0.4) is 0 Å². The van der Waals surface area contributed by atoms with Gasteiger partial charge in [-0.25, -0.2) is 0 Å². The molecule has 1 aliphatic rings. The Hall–Kier alpha value is -1.88. The number of carbonyl (C=O) groups excluding carboxylic acids is 1. The van der Waals surface area contributed by atoms with E-state index in [1.807, 2.05) is 29.2 Å². The van der Waals surface area contributed by atoms with Crippen LogP contribution >= 0.6 is 11.6 Å². The number of carbonyl (C=O) groups is 1. The molecular weight excluding hydrogens is 302 g/mol. The van der Waals surface area contributed by atoms with Crippen LogP contribution in [0.4, 0.5) is 0 Å². The molecule has 0 N–H and O–H groups in total. The average Bonchev–Trinajstić information content (AvgIpc) is 3.15. The molecule has 1 aliphatic heterocycles. The minimum Gasteiger partial charge on any atom is -0.339 e. The van der Waals surface area contributed by atoms with Gasteiger partial charge < -0.3 is 9.42 Å². The molecule has 0 radical (unpaired) electrons. The van der Waals surface area contributed by atoms with Crippen LogP contribution in [0.2, 0.25) is 5.02 Å². The van der Waals surface area contributed by atoms with Crippen LogP contribution < -0.4 is 0 Å². The fourth-order valence-electron chi connectivity index (χ4n) is 2.82. The lowest BCUT2D eigenvalue weighted by Crippen LogP contribution is -2.28. The molecule has 5 nitrogen and oxygen atoms in total. The van der Waals surface area contributed by atoms with Crippen molar-refractivity contribution in [3.63, 3.8) is 0 Å². The van der Waals surface area contributed by atoms with Gasteiger partial charge in [-0.05, 0) is 37.0 Å². The summed E-state index contributed by atoms with van der Waals surface area (Å²) in [5.74, 6) is 1.30. The zero-order chi connectivity index (χ0) is 15.5. The fraction of sp³-hybridized carbons (Fsp3) is 0.438. The molecule has 3 rings (SSSR count). The molecule has 1 saturated heterocycles. The Balaban J connectivity index is 1.64. The molecule has 1 aromatic carbocycles. The van der Waals surface area contributed by atoms with E-state index in [9.17, 15) is 4.79 Å². The highest BCUT2D eigenvalue weighted by molar-refractivity contribution is 6.30. The van der Waals surface area contributed by atoms with Gasteiger partial charge in [-0.1, -0.05) is 28.9 Å². The summed E-state index contributed by atoms with van der Waals surface area (Å²) in [6.45, 7) is 2.36. The first kappa shape index (κ1) is 15.0. The Morgan fingerprint density at radius 1 is 1.36 bits per heavy atom. The largest absolute Gasteiger partial charge is 0.339 e. The zero-order valence-corrected chi connectivity index (χ0v) is 13.2. The first-order valence-corrected chi connectivity index (χ1v) is 7.85. The summed E-state index contributed by atoms with van der Waals surface area (Å²) in [5.41, 5.74) is 1.18. The number of halogens is 1. The molecule has 0 spiro atoms. The normalized spacial score (nSPS) is 17.9. The maximum atomic E-state index is 11.6. The van der Waals surface area contributed by atoms with Gasteiger partial charge in [0.15, 0.2) is 5.82 Å². The first-order valence-electron chi connectivity index (χ1n) is 7.47. The molecule has 2 aromatic rings. The molecule has 0 bridgehead atoms. The van der Waals surface area contributed by atoms with Gasteiger partial charge in [0.05, 0.1) is 6.04 Å². The molecular formula is C16H18ClN3O2. The van der Waals surface area contributed by atoms with E-state index in [2.05, 4.69) is 10.1 Å². The number of hydrogen-bond acceptors (Lipinski definition) is 4. The molecule has 1 aromatic heterocycles. The lowest BCUT2D eigenvalue weighted by Gasteiger charge is -2.19. The summed E-state index contributed by atoms with van der Waals surface area (Å²) in [6, 6.07) is 7.70. The van der Waals surface area contributed by atoms with E-state index < -0.39 is 0 Å². The van der Waals surface area contributed by atoms with Crippen LogP contribution in [-0.2, 0) is 17.6 Å². The van der Waals surface area contributed by atoms with E-state index in [4.69, 9.17) is 16.1 Å². The predicted octanol–water partition coefficient (Wildman–Crippen LogP) is 3.19. The summed E-state index contributed by atoms with van der Waals surface area (Å²) in [5, 5.41) is 4.79. The van der Waals surface area contributed by atoms with Crippen molar-refractivity contribution in [1.29, 1.82) is 0 Å². The number of aryl methyl sites for hydroxylation is 2. The standard InChI is InChI=1S/C16H18ClN3O2/c1-11(21)20-10-2-3-14(20)16-18-15(22-19-16)9-6-12-4-7-13(17)8-5-12/h4-5,7-8,14H,2-3,6,9-10H2,1H3. The van der Waals surface area contributed by atoms with Crippen LogP contribution in [-0.4, -0.2) is 27.5 Å². The van der Waals surface area contributed by atoms with Crippen LogP contribution in [0.15, 0.2) is 28.8 Å². The third-order valence-electron chi connectivity index (χ3n) is 3.98. The number of amides is 1. The van der Waals surface area contributed by atoms with Crippen molar-refractivity contribution in [3.8, 4) is 0 Å². The fourth-order valence-corrected chi connectivity index (χ4v) is 2.95. The van der Waals surface area contributed by atoms with E-state index in [-0.39, 0.29) is 11.9 Å². The van der Waals surface area contributed by atoms with Crippen molar-refractivity contribution >= 4 is 17.5 Å². The molecule has 22 heavy (non-hydrogen) atoms. The molecule has 116 valence electrons. The van der Waals surface area contributed by atoms with Crippen molar-refractivity contribution < 1.29 is 9.32 Å². The van der Waals surface area contributed by atoms with Crippen LogP contribution in [0.25, 0.3) is 0 Å². The quantitative estimate of drug-likeness (QED) is 0.868. The second-order valence-corrected chi connectivity index (χ2v) is 5.98. The first-order chi connectivity index (χ1) is 10.6. The second-order valence-electron chi connectivity index (χ2n) is 5.54. The van der Waals surface area contributed by atoms with E-state index in [1.165, 1.54) is 5.56 Å². The number of nitrogens with zero attached hydrogens (tertiary/aromatic N) is 3. The van der Waals surface area contributed by atoms with Gasteiger partial charge in [0, 0.05) is 24.9 Å². The van der Waals surface area contributed by atoms with E-state index in [1.54, 1.807) is 6.92 Å². The molecule has 1 unspecified atom stereocenters. The molecule has 1 fully saturated rings. The Labute approximate surface area is 134 Å². The SMILES string of the molecule is CC(=O)N1CCCC1c1noc(CCc2ccc(Cl)cc2)n1. The van der Waals surface area contributed by atoms with Gasteiger partial charge in [-0.3, -0.25) is 4.79 Å². The van der Waals surface area contributed by atoms with Gasteiger partial charge in [-0.15, -0.1) is 0 Å². The maximum absolute atomic E-state index is 11.6.